The summed E-state index contributed by atoms with van der Waals surface area (Å²) >= 11 is 7.83. The van der Waals surface area contributed by atoms with Crippen LogP contribution in [0.5, 0.6) is 0 Å². The van der Waals surface area contributed by atoms with Crippen molar-refractivity contribution in [1.82, 2.24) is 5.32 Å². The van der Waals surface area contributed by atoms with E-state index >= 15 is 0 Å². The molecule has 0 aromatic heterocycles. The summed E-state index contributed by atoms with van der Waals surface area (Å²) in [7, 11) is 0. The third-order valence-electron chi connectivity index (χ3n) is 2.33. The summed E-state index contributed by atoms with van der Waals surface area (Å²) in [6.45, 7) is 6.61. The number of hydrogen-bond acceptors (Lipinski definition) is 2. The first-order chi connectivity index (χ1) is 7.72. The highest BCUT2D eigenvalue weighted by molar-refractivity contribution is 7.98. The van der Waals surface area contributed by atoms with Crippen LogP contribution in [-0.2, 0) is 5.75 Å². The maximum atomic E-state index is 5.84. The summed E-state index contributed by atoms with van der Waals surface area (Å²) in [4.78, 5) is 0. The molecule has 3 heteroatoms. The Hall–Kier alpha value is -0.180. The zero-order valence-corrected chi connectivity index (χ0v) is 11.6. The summed E-state index contributed by atoms with van der Waals surface area (Å²) in [5, 5.41) is 4.19. The van der Waals surface area contributed by atoms with Gasteiger partial charge in [0.1, 0.15) is 0 Å². The molecule has 90 valence electrons. The lowest BCUT2D eigenvalue weighted by molar-refractivity contribution is 0.574. The number of nitrogens with one attached hydrogen (secondary N) is 1. The summed E-state index contributed by atoms with van der Waals surface area (Å²) in [5.41, 5.74) is 1.35. The highest BCUT2D eigenvalue weighted by Crippen LogP contribution is 2.17. The molecule has 0 fully saturated rings. The predicted molar refractivity (Wildman–Crippen MR) is 75.3 cm³/mol. The van der Waals surface area contributed by atoms with Crippen molar-refractivity contribution in [3.05, 3.63) is 34.9 Å². The average Bonchev–Trinajstić information content (AvgIpc) is 2.29. The normalized spacial score (nSPS) is 12.7. The van der Waals surface area contributed by atoms with Gasteiger partial charge in [-0.05, 0) is 42.5 Å². The number of halogens is 1. The topological polar surface area (TPSA) is 12.0 Å². The molecule has 16 heavy (non-hydrogen) atoms. The van der Waals surface area contributed by atoms with Gasteiger partial charge in [-0.15, -0.1) is 0 Å². The van der Waals surface area contributed by atoms with Crippen LogP contribution >= 0.6 is 23.4 Å². The molecule has 0 aliphatic heterocycles. The Morgan fingerprint density at radius 1 is 1.31 bits per heavy atom. The van der Waals surface area contributed by atoms with Crippen molar-refractivity contribution in [3.8, 4) is 0 Å². The molecular formula is C13H20ClNS. The van der Waals surface area contributed by atoms with Crippen molar-refractivity contribution in [2.45, 2.75) is 19.6 Å². The lowest BCUT2D eigenvalue weighted by atomic mass is 10.2. The van der Waals surface area contributed by atoms with Crippen molar-refractivity contribution in [2.75, 3.05) is 18.8 Å². The van der Waals surface area contributed by atoms with E-state index < -0.39 is 0 Å². The molecule has 1 atom stereocenters. The standard InChI is InChI=1S/C13H20ClNS/c1-3-15-8-11(2)9-16-10-12-4-6-13(14)7-5-12/h4-7,11,15H,3,8-10H2,1-2H3. The third-order valence-corrected chi connectivity index (χ3v) is 3.92. The minimum Gasteiger partial charge on any atom is -0.317 e. The van der Waals surface area contributed by atoms with E-state index in [1.807, 2.05) is 23.9 Å². The molecule has 1 aromatic carbocycles. The van der Waals surface area contributed by atoms with Gasteiger partial charge >= 0.3 is 0 Å². The van der Waals surface area contributed by atoms with Gasteiger partial charge in [0.05, 0.1) is 0 Å². The first-order valence-electron chi connectivity index (χ1n) is 5.75. The highest BCUT2D eigenvalue weighted by Gasteiger charge is 2.01. The van der Waals surface area contributed by atoms with E-state index in [1.165, 1.54) is 11.3 Å². The minimum absolute atomic E-state index is 0.734. The number of thioether (sulfide) groups is 1. The van der Waals surface area contributed by atoms with Crippen LogP contribution in [0.25, 0.3) is 0 Å². The van der Waals surface area contributed by atoms with Crippen LogP contribution in [0.3, 0.4) is 0 Å². The molecule has 0 aliphatic carbocycles. The molecule has 1 N–H and O–H groups in total. The average molecular weight is 258 g/mol. The smallest absolute Gasteiger partial charge is 0.0406 e. The van der Waals surface area contributed by atoms with Gasteiger partial charge in [-0.25, -0.2) is 0 Å². The van der Waals surface area contributed by atoms with E-state index in [-0.39, 0.29) is 0 Å². The molecule has 0 saturated heterocycles. The molecule has 0 radical (unpaired) electrons. The predicted octanol–water partition coefficient (Wildman–Crippen LogP) is 3.82. The largest absolute Gasteiger partial charge is 0.317 e. The molecule has 1 aromatic rings. The van der Waals surface area contributed by atoms with Crippen LogP contribution in [-0.4, -0.2) is 18.8 Å². The van der Waals surface area contributed by atoms with Crippen LogP contribution in [0, 0.1) is 5.92 Å². The zero-order valence-electron chi connectivity index (χ0n) is 10.0. The molecule has 0 spiro atoms. The van der Waals surface area contributed by atoms with E-state index in [9.17, 15) is 0 Å². The summed E-state index contributed by atoms with van der Waals surface area (Å²) in [5.74, 6) is 3.01. The van der Waals surface area contributed by atoms with E-state index in [2.05, 4.69) is 31.3 Å². The van der Waals surface area contributed by atoms with Crippen molar-refractivity contribution in [3.63, 3.8) is 0 Å². The Morgan fingerprint density at radius 3 is 2.62 bits per heavy atom. The molecule has 0 amide bonds. The summed E-state index contributed by atoms with van der Waals surface area (Å²) in [6.07, 6.45) is 0. The SMILES string of the molecule is CCNCC(C)CSCc1ccc(Cl)cc1. The van der Waals surface area contributed by atoms with E-state index in [4.69, 9.17) is 11.6 Å². The maximum absolute atomic E-state index is 5.84. The highest BCUT2D eigenvalue weighted by atomic mass is 35.5. The maximum Gasteiger partial charge on any atom is 0.0406 e. The first-order valence-corrected chi connectivity index (χ1v) is 7.28. The second-order valence-electron chi connectivity index (χ2n) is 4.05. The minimum atomic E-state index is 0.734. The Kier molecular flexibility index (Phi) is 6.93. The molecule has 0 aliphatic rings. The molecule has 1 nitrogen and oxygen atoms in total. The number of rotatable bonds is 7. The van der Waals surface area contributed by atoms with Crippen molar-refractivity contribution in [1.29, 1.82) is 0 Å². The molecule has 0 saturated carbocycles. The number of benzene rings is 1. The van der Waals surface area contributed by atoms with Crippen LogP contribution < -0.4 is 5.32 Å². The summed E-state index contributed by atoms with van der Waals surface area (Å²) < 4.78 is 0. The Morgan fingerprint density at radius 2 is 2.00 bits per heavy atom. The molecule has 0 heterocycles. The monoisotopic (exact) mass is 257 g/mol. The fourth-order valence-electron chi connectivity index (χ4n) is 1.41. The molecule has 0 bridgehead atoms. The third kappa shape index (κ3) is 5.78. The Labute approximate surface area is 108 Å². The molecule has 1 unspecified atom stereocenters. The fraction of sp³-hybridized carbons (Fsp3) is 0.538. The van der Waals surface area contributed by atoms with Crippen LogP contribution in [0.1, 0.15) is 19.4 Å². The van der Waals surface area contributed by atoms with E-state index in [0.717, 1.165) is 29.8 Å². The first kappa shape index (κ1) is 13.9. The van der Waals surface area contributed by atoms with Gasteiger partial charge < -0.3 is 5.32 Å². The van der Waals surface area contributed by atoms with E-state index in [0.29, 0.717) is 0 Å². The van der Waals surface area contributed by atoms with Crippen molar-refractivity contribution >= 4 is 23.4 Å². The van der Waals surface area contributed by atoms with Crippen LogP contribution in [0.2, 0.25) is 5.02 Å². The van der Waals surface area contributed by atoms with Gasteiger partial charge in [0, 0.05) is 10.8 Å². The fourth-order valence-corrected chi connectivity index (χ4v) is 2.60. The second-order valence-corrected chi connectivity index (χ2v) is 5.52. The molecule has 1 rings (SSSR count). The van der Waals surface area contributed by atoms with Crippen molar-refractivity contribution < 1.29 is 0 Å². The van der Waals surface area contributed by atoms with Gasteiger partial charge in [-0.3, -0.25) is 0 Å². The van der Waals surface area contributed by atoms with E-state index in [1.54, 1.807) is 0 Å². The Balaban J connectivity index is 2.17. The van der Waals surface area contributed by atoms with Gasteiger partial charge in [-0.2, -0.15) is 11.8 Å². The number of hydrogen-bond donors (Lipinski definition) is 1. The van der Waals surface area contributed by atoms with Crippen LogP contribution in [0.15, 0.2) is 24.3 Å². The van der Waals surface area contributed by atoms with Gasteiger partial charge in [0.25, 0.3) is 0 Å². The summed E-state index contributed by atoms with van der Waals surface area (Å²) in [6, 6.07) is 8.12. The van der Waals surface area contributed by atoms with Crippen LogP contribution in [0.4, 0.5) is 0 Å². The molecular weight excluding hydrogens is 238 g/mol. The van der Waals surface area contributed by atoms with Crippen molar-refractivity contribution in [2.24, 2.45) is 5.92 Å². The van der Waals surface area contributed by atoms with Gasteiger partial charge in [0.2, 0.25) is 0 Å². The zero-order chi connectivity index (χ0) is 11.8. The lowest BCUT2D eigenvalue weighted by Crippen LogP contribution is -2.21. The quantitative estimate of drug-likeness (QED) is 0.797. The Bertz CT molecular complexity index is 286. The van der Waals surface area contributed by atoms with Gasteiger partial charge in [-0.1, -0.05) is 37.6 Å². The second kappa shape index (κ2) is 7.99. The lowest BCUT2D eigenvalue weighted by Gasteiger charge is -2.11. The van der Waals surface area contributed by atoms with Gasteiger partial charge in [0.15, 0.2) is 0 Å².